The van der Waals surface area contributed by atoms with E-state index in [1.165, 1.54) is 12.8 Å². The number of hydrogen-bond acceptors (Lipinski definition) is 2. The van der Waals surface area contributed by atoms with Gasteiger partial charge < -0.3 is 10.8 Å². The highest BCUT2D eigenvalue weighted by Gasteiger charge is 2.29. The highest BCUT2D eigenvalue weighted by Crippen LogP contribution is 2.34. The Labute approximate surface area is 114 Å². The van der Waals surface area contributed by atoms with Crippen LogP contribution in [0, 0.1) is 5.92 Å². The van der Waals surface area contributed by atoms with Crippen molar-refractivity contribution in [2.24, 2.45) is 11.7 Å². The van der Waals surface area contributed by atoms with Crippen LogP contribution in [0.2, 0.25) is 5.02 Å². The molecule has 1 fully saturated rings. The third-order valence-corrected chi connectivity index (χ3v) is 3.86. The van der Waals surface area contributed by atoms with Crippen LogP contribution in [0.5, 0.6) is 0 Å². The minimum absolute atomic E-state index is 0. The second-order valence-corrected chi connectivity index (χ2v) is 4.99. The van der Waals surface area contributed by atoms with Crippen molar-refractivity contribution in [2.75, 3.05) is 0 Å². The van der Waals surface area contributed by atoms with Gasteiger partial charge in [0.2, 0.25) is 0 Å². The van der Waals surface area contributed by atoms with Crippen LogP contribution in [0.25, 0.3) is 0 Å². The number of aliphatic hydroxyl groups excluding tert-OH is 1. The second kappa shape index (κ2) is 6.60. The van der Waals surface area contributed by atoms with Gasteiger partial charge in [0.05, 0.1) is 12.1 Å². The van der Waals surface area contributed by atoms with Crippen molar-refractivity contribution in [3.05, 3.63) is 34.9 Å². The van der Waals surface area contributed by atoms with E-state index < -0.39 is 6.10 Å². The number of nitrogens with two attached hydrogens (primary N) is 1. The summed E-state index contributed by atoms with van der Waals surface area (Å²) in [5.41, 5.74) is 6.94. The predicted molar refractivity (Wildman–Crippen MR) is 73.6 cm³/mol. The van der Waals surface area contributed by atoms with Crippen molar-refractivity contribution in [3.63, 3.8) is 0 Å². The number of rotatable bonds is 3. The molecule has 2 nitrogen and oxygen atoms in total. The van der Waals surface area contributed by atoms with Crippen molar-refractivity contribution in [2.45, 2.75) is 37.8 Å². The van der Waals surface area contributed by atoms with E-state index in [1.807, 2.05) is 24.3 Å². The molecule has 17 heavy (non-hydrogen) atoms. The maximum absolute atomic E-state index is 10.2. The van der Waals surface area contributed by atoms with E-state index in [4.69, 9.17) is 17.3 Å². The Morgan fingerprint density at radius 2 is 1.82 bits per heavy atom. The molecule has 96 valence electrons. The maximum atomic E-state index is 10.2. The average molecular weight is 276 g/mol. The van der Waals surface area contributed by atoms with Gasteiger partial charge in [0.15, 0.2) is 0 Å². The Hall–Kier alpha value is -0.280. The van der Waals surface area contributed by atoms with Crippen molar-refractivity contribution in [1.82, 2.24) is 0 Å². The van der Waals surface area contributed by atoms with Gasteiger partial charge in [-0.3, -0.25) is 0 Å². The molecule has 1 aliphatic carbocycles. The topological polar surface area (TPSA) is 46.2 Å². The van der Waals surface area contributed by atoms with Gasteiger partial charge >= 0.3 is 0 Å². The van der Waals surface area contributed by atoms with Gasteiger partial charge in [0, 0.05) is 5.02 Å². The normalized spacial score (nSPS) is 19.7. The largest absolute Gasteiger partial charge is 0.391 e. The van der Waals surface area contributed by atoms with Crippen LogP contribution in [0.3, 0.4) is 0 Å². The van der Waals surface area contributed by atoms with E-state index in [-0.39, 0.29) is 18.4 Å². The van der Waals surface area contributed by atoms with E-state index in [9.17, 15) is 5.11 Å². The minimum Gasteiger partial charge on any atom is -0.391 e. The van der Waals surface area contributed by atoms with E-state index in [1.54, 1.807) is 0 Å². The SMILES string of the molecule is Cl.N[C@@H](c1ccccc1Cl)[C@H](O)C1CCCC1. The molecule has 0 amide bonds. The lowest BCUT2D eigenvalue weighted by molar-refractivity contribution is 0.0845. The van der Waals surface area contributed by atoms with Gasteiger partial charge in [-0.2, -0.15) is 0 Å². The molecule has 0 bridgehead atoms. The summed E-state index contributed by atoms with van der Waals surface area (Å²) >= 11 is 6.08. The zero-order valence-electron chi connectivity index (χ0n) is 9.68. The molecule has 0 spiro atoms. The Balaban J connectivity index is 0.00000144. The summed E-state index contributed by atoms with van der Waals surface area (Å²) in [6.07, 6.45) is 4.11. The van der Waals surface area contributed by atoms with Crippen LogP contribution in [-0.4, -0.2) is 11.2 Å². The second-order valence-electron chi connectivity index (χ2n) is 4.58. The van der Waals surface area contributed by atoms with E-state index in [0.717, 1.165) is 18.4 Å². The Morgan fingerprint density at radius 1 is 1.24 bits per heavy atom. The maximum Gasteiger partial charge on any atom is 0.0761 e. The molecule has 4 heteroatoms. The van der Waals surface area contributed by atoms with Crippen LogP contribution >= 0.6 is 24.0 Å². The van der Waals surface area contributed by atoms with E-state index in [0.29, 0.717) is 10.9 Å². The van der Waals surface area contributed by atoms with E-state index in [2.05, 4.69) is 0 Å². The van der Waals surface area contributed by atoms with Crippen LogP contribution < -0.4 is 5.73 Å². The summed E-state index contributed by atoms with van der Waals surface area (Å²) in [5, 5.41) is 10.9. The van der Waals surface area contributed by atoms with Gasteiger partial charge in [-0.25, -0.2) is 0 Å². The zero-order chi connectivity index (χ0) is 11.5. The summed E-state index contributed by atoms with van der Waals surface area (Å²) in [6, 6.07) is 7.13. The zero-order valence-corrected chi connectivity index (χ0v) is 11.3. The molecule has 0 aliphatic heterocycles. The fraction of sp³-hybridized carbons (Fsp3) is 0.538. The molecular formula is C13H19Cl2NO. The number of hydrogen-bond donors (Lipinski definition) is 2. The third-order valence-electron chi connectivity index (χ3n) is 3.52. The van der Waals surface area contributed by atoms with Crippen molar-refractivity contribution >= 4 is 24.0 Å². The minimum atomic E-state index is -0.470. The molecular weight excluding hydrogens is 257 g/mol. The molecule has 0 radical (unpaired) electrons. The molecule has 1 aromatic carbocycles. The Kier molecular flexibility index (Phi) is 5.74. The fourth-order valence-corrected chi connectivity index (χ4v) is 2.78. The molecule has 1 saturated carbocycles. The molecule has 0 unspecified atom stereocenters. The summed E-state index contributed by atoms with van der Waals surface area (Å²) in [4.78, 5) is 0. The summed E-state index contributed by atoms with van der Waals surface area (Å²) in [5.74, 6) is 0.339. The molecule has 2 rings (SSSR count). The smallest absolute Gasteiger partial charge is 0.0761 e. The Bertz CT molecular complexity index is 353. The van der Waals surface area contributed by atoms with Gasteiger partial charge in [0.25, 0.3) is 0 Å². The van der Waals surface area contributed by atoms with Gasteiger partial charge in [-0.05, 0) is 30.4 Å². The molecule has 1 aromatic rings. The highest BCUT2D eigenvalue weighted by molar-refractivity contribution is 6.31. The first-order valence-electron chi connectivity index (χ1n) is 5.88. The monoisotopic (exact) mass is 275 g/mol. The number of benzene rings is 1. The molecule has 1 aliphatic rings. The molecule has 3 N–H and O–H groups in total. The van der Waals surface area contributed by atoms with Crippen molar-refractivity contribution < 1.29 is 5.11 Å². The van der Waals surface area contributed by atoms with Gasteiger partial charge in [-0.15, -0.1) is 12.4 Å². The predicted octanol–water partition coefficient (Wildman–Crippen LogP) is 3.31. The Morgan fingerprint density at radius 3 is 2.41 bits per heavy atom. The van der Waals surface area contributed by atoms with Crippen LogP contribution in [0.1, 0.15) is 37.3 Å². The first kappa shape index (κ1) is 14.8. The van der Waals surface area contributed by atoms with Crippen LogP contribution in [0.15, 0.2) is 24.3 Å². The lowest BCUT2D eigenvalue weighted by Crippen LogP contribution is -2.32. The summed E-state index contributed by atoms with van der Waals surface area (Å²) < 4.78 is 0. The van der Waals surface area contributed by atoms with Crippen molar-refractivity contribution in [3.8, 4) is 0 Å². The summed E-state index contributed by atoms with van der Waals surface area (Å²) in [7, 11) is 0. The molecule has 0 aromatic heterocycles. The standard InChI is InChI=1S/C13H18ClNO.ClH/c14-11-8-4-3-7-10(11)12(15)13(16)9-5-1-2-6-9;/h3-4,7-9,12-13,16H,1-2,5-6,15H2;1H/t12-,13+;/m0./s1. The third kappa shape index (κ3) is 3.35. The summed E-state index contributed by atoms with van der Waals surface area (Å²) in [6.45, 7) is 0. The lowest BCUT2D eigenvalue weighted by Gasteiger charge is -2.25. The molecule has 2 atom stereocenters. The van der Waals surface area contributed by atoms with Crippen molar-refractivity contribution in [1.29, 1.82) is 0 Å². The van der Waals surface area contributed by atoms with Crippen LogP contribution in [0.4, 0.5) is 0 Å². The average Bonchev–Trinajstić information content (AvgIpc) is 2.81. The number of halogens is 2. The lowest BCUT2D eigenvalue weighted by atomic mass is 9.91. The first-order chi connectivity index (χ1) is 7.70. The number of aliphatic hydroxyl groups is 1. The van der Waals surface area contributed by atoms with Gasteiger partial charge in [0.1, 0.15) is 0 Å². The van der Waals surface area contributed by atoms with E-state index >= 15 is 0 Å². The first-order valence-corrected chi connectivity index (χ1v) is 6.26. The quantitative estimate of drug-likeness (QED) is 0.889. The molecule has 0 saturated heterocycles. The fourth-order valence-electron chi connectivity index (χ4n) is 2.52. The highest BCUT2D eigenvalue weighted by atomic mass is 35.5. The molecule has 0 heterocycles. The van der Waals surface area contributed by atoms with Gasteiger partial charge in [-0.1, -0.05) is 42.6 Å². The van der Waals surface area contributed by atoms with Crippen LogP contribution in [-0.2, 0) is 0 Å².